The third-order valence-corrected chi connectivity index (χ3v) is 2.29. The standard InChI is InChI=1S/C10H6Cl2N4O/c11-7-2-1-6(5-13-7)10(17)14-9-4-3-8(12)15-16-9/h1-5H,(H,14,16,17). The minimum atomic E-state index is -0.342. The molecular weight excluding hydrogens is 263 g/mol. The molecule has 1 amide bonds. The number of anilines is 1. The largest absolute Gasteiger partial charge is 0.305 e. The summed E-state index contributed by atoms with van der Waals surface area (Å²) in [6.07, 6.45) is 1.38. The molecule has 0 atom stereocenters. The number of nitrogens with one attached hydrogen (secondary N) is 1. The van der Waals surface area contributed by atoms with E-state index in [1.165, 1.54) is 18.3 Å². The molecule has 2 aromatic heterocycles. The Morgan fingerprint density at radius 3 is 2.41 bits per heavy atom. The highest BCUT2D eigenvalue weighted by atomic mass is 35.5. The van der Waals surface area contributed by atoms with Crippen LogP contribution in [0.2, 0.25) is 10.3 Å². The van der Waals surface area contributed by atoms with Crippen molar-refractivity contribution in [2.75, 3.05) is 5.32 Å². The molecule has 0 spiro atoms. The van der Waals surface area contributed by atoms with Crippen LogP contribution < -0.4 is 5.32 Å². The maximum Gasteiger partial charge on any atom is 0.258 e. The number of amides is 1. The van der Waals surface area contributed by atoms with E-state index in [1.807, 2.05) is 0 Å². The van der Waals surface area contributed by atoms with Crippen LogP contribution in [0.1, 0.15) is 10.4 Å². The van der Waals surface area contributed by atoms with Crippen molar-refractivity contribution in [3.8, 4) is 0 Å². The highest BCUT2D eigenvalue weighted by molar-refractivity contribution is 6.29. The fraction of sp³-hybridized carbons (Fsp3) is 0. The van der Waals surface area contributed by atoms with Gasteiger partial charge in [-0.2, -0.15) is 0 Å². The molecular formula is C10H6Cl2N4O. The minimum Gasteiger partial charge on any atom is -0.305 e. The van der Waals surface area contributed by atoms with Crippen LogP contribution in [0, 0.1) is 0 Å². The SMILES string of the molecule is O=C(Nc1ccc(Cl)nn1)c1ccc(Cl)nc1. The first-order valence-electron chi connectivity index (χ1n) is 4.57. The molecule has 17 heavy (non-hydrogen) atoms. The average molecular weight is 269 g/mol. The molecule has 5 nitrogen and oxygen atoms in total. The Kier molecular flexibility index (Phi) is 3.51. The normalized spacial score (nSPS) is 10.0. The molecule has 2 aromatic rings. The first-order valence-corrected chi connectivity index (χ1v) is 5.33. The van der Waals surface area contributed by atoms with E-state index in [0.717, 1.165) is 0 Å². The van der Waals surface area contributed by atoms with Gasteiger partial charge in [0.1, 0.15) is 5.15 Å². The van der Waals surface area contributed by atoms with Crippen molar-refractivity contribution in [2.45, 2.75) is 0 Å². The lowest BCUT2D eigenvalue weighted by Gasteiger charge is -2.03. The average Bonchev–Trinajstić information content (AvgIpc) is 2.33. The topological polar surface area (TPSA) is 67.8 Å². The molecule has 86 valence electrons. The molecule has 0 bridgehead atoms. The Labute approximate surface area is 107 Å². The first-order chi connectivity index (χ1) is 8.15. The Morgan fingerprint density at radius 1 is 1.06 bits per heavy atom. The summed E-state index contributed by atoms with van der Waals surface area (Å²) in [6.45, 7) is 0. The summed E-state index contributed by atoms with van der Waals surface area (Å²) in [6, 6.07) is 6.18. The molecule has 7 heteroatoms. The Bertz CT molecular complexity index is 527. The van der Waals surface area contributed by atoms with Crippen molar-refractivity contribution < 1.29 is 4.79 Å². The highest BCUT2D eigenvalue weighted by Crippen LogP contribution is 2.09. The third-order valence-electron chi connectivity index (χ3n) is 1.86. The lowest BCUT2D eigenvalue weighted by Crippen LogP contribution is -2.13. The van der Waals surface area contributed by atoms with E-state index < -0.39 is 0 Å². The maximum absolute atomic E-state index is 11.7. The van der Waals surface area contributed by atoms with Gasteiger partial charge in [-0.25, -0.2) is 4.98 Å². The van der Waals surface area contributed by atoms with E-state index in [-0.39, 0.29) is 11.1 Å². The Balaban J connectivity index is 2.11. The van der Waals surface area contributed by atoms with Crippen LogP contribution in [0.5, 0.6) is 0 Å². The van der Waals surface area contributed by atoms with Crippen molar-refractivity contribution in [1.82, 2.24) is 15.2 Å². The minimum absolute atomic E-state index is 0.260. The molecule has 0 aliphatic heterocycles. The summed E-state index contributed by atoms with van der Waals surface area (Å²) in [5.41, 5.74) is 0.381. The second kappa shape index (κ2) is 5.07. The van der Waals surface area contributed by atoms with Crippen LogP contribution in [0.3, 0.4) is 0 Å². The van der Waals surface area contributed by atoms with Crippen LogP contribution in [0.25, 0.3) is 0 Å². The summed E-state index contributed by atoms with van der Waals surface area (Å²) in [5, 5.41) is 10.4. The van der Waals surface area contributed by atoms with Crippen molar-refractivity contribution in [2.24, 2.45) is 0 Å². The zero-order valence-electron chi connectivity index (χ0n) is 8.39. The first kappa shape index (κ1) is 11.8. The van der Waals surface area contributed by atoms with E-state index in [9.17, 15) is 4.79 Å². The quantitative estimate of drug-likeness (QED) is 0.850. The van der Waals surface area contributed by atoms with E-state index in [2.05, 4.69) is 20.5 Å². The van der Waals surface area contributed by atoms with E-state index >= 15 is 0 Å². The van der Waals surface area contributed by atoms with Gasteiger partial charge in [0.25, 0.3) is 5.91 Å². The second-order valence-corrected chi connectivity index (χ2v) is 3.84. The number of pyridine rings is 1. The van der Waals surface area contributed by atoms with Gasteiger partial charge in [0.2, 0.25) is 0 Å². The highest BCUT2D eigenvalue weighted by Gasteiger charge is 2.07. The van der Waals surface area contributed by atoms with E-state index in [4.69, 9.17) is 23.2 Å². The van der Waals surface area contributed by atoms with Crippen molar-refractivity contribution in [3.05, 3.63) is 46.3 Å². The summed E-state index contributed by atoms with van der Waals surface area (Å²) in [5.74, 6) is -0.0276. The number of rotatable bonds is 2. The van der Waals surface area contributed by atoms with Gasteiger partial charge in [-0.15, -0.1) is 10.2 Å². The molecule has 0 unspecified atom stereocenters. The summed E-state index contributed by atoms with van der Waals surface area (Å²) in [4.78, 5) is 15.5. The van der Waals surface area contributed by atoms with Gasteiger partial charge in [0.15, 0.2) is 11.0 Å². The van der Waals surface area contributed by atoms with Crippen molar-refractivity contribution >= 4 is 34.9 Å². The molecule has 2 heterocycles. The molecule has 0 saturated heterocycles. The molecule has 0 radical (unpaired) electrons. The van der Waals surface area contributed by atoms with Gasteiger partial charge in [-0.05, 0) is 24.3 Å². The number of carbonyl (C=O) groups is 1. The van der Waals surface area contributed by atoms with Crippen LogP contribution in [-0.4, -0.2) is 21.1 Å². The Hall–Kier alpha value is -1.72. The zero-order valence-corrected chi connectivity index (χ0v) is 9.90. The summed E-state index contributed by atoms with van der Waals surface area (Å²) in [7, 11) is 0. The van der Waals surface area contributed by atoms with E-state index in [1.54, 1.807) is 12.1 Å². The molecule has 0 fully saturated rings. The summed E-state index contributed by atoms with van der Waals surface area (Å²) >= 11 is 11.2. The zero-order chi connectivity index (χ0) is 12.3. The van der Waals surface area contributed by atoms with Gasteiger partial charge >= 0.3 is 0 Å². The van der Waals surface area contributed by atoms with E-state index in [0.29, 0.717) is 16.5 Å². The number of aromatic nitrogens is 3. The lowest BCUT2D eigenvalue weighted by atomic mass is 10.3. The van der Waals surface area contributed by atoms with Gasteiger partial charge in [-0.3, -0.25) is 4.79 Å². The monoisotopic (exact) mass is 268 g/mol. The van der Waals surface area contributed by atoms with Crippen molar-refractivity contribution in [1.29, 1.82) is 0 Å². The number of hydrogen-bond acceptors (Lipinski definition) is 4. The van der Waals surface area contributed by atoms with Crippen LogP contribution in [0.4, 0.5) is 5.82 Å². The van der Waals surface area contributed by atoms with Gasteiger partial charge in [-0.1, -0.05) is 23.2 Å². The molecule has 2 rings (SSSR count). The Morgan fingerprint density at radius 2 is 1.82 bits per heavy atom. The van der Waals surface area contributed by atoms with Crippen LogP contribution in [0.15, 0.2) is 30.5 Å². The molecule has 0 aliphatic carbocycles. The molecule has 0 saturated carbocycles. The van der Waals surface area contributed by atoms with Gasteiger partial charge in [0.05, 0.1) is 5.56 Å². The third kappa shape index (κ3) is 3.12. The predicted molar refractivity (Wildman–Crippen MR) is 64.2 cm³/mol. The fourth-order valence-electron chi connectivity index (χ4n) is 1.08. The number of hydrogen-bond donors (Lipinski definition) is 1. The second-order valence-electron chi connectivity index (χ2n) is 3.07. The predicted octanol–water partition coefficient (Wildman–Crippen LogP) is 2.43. The number of nitrogens with zero attached hydrogens (tertiary/aromatic N) is 3. The number of carbonyl (C=O) groups excluding carboxylic acids is 1. The fourth-order valence-corrected chi connectivity index (χ4v) is 1.29. The van der Waals surface area contributed by atoms with Crippen molar-refractivity contribution in [3.63, 3.8) is 0 Å². The lowest BCUT2D eigenvalue weighted by molar-refractivity contribution is 0.102. The smallest absolute Gasteiger partial charge is 0.258 e. The molecule has 0 aromatic carbocycles. The van der Waals surface area contributed by atoms with Crippen LogP contribution in [-0.2, 0) is 0 Å². The molecule has 0 aliphatic rings. The van der Waals surface area contributed by atoms with Gasteiger partial charge < -0.3 is 5.32 Å². The van der Waals surface area contributed by atoms with Crippen LogP contribution >= 0.6 is 23.2 Å². The maximum atomic E-state index is 11.7. The summed E-state index contributed by atoms with van der Waals surface area (Å²) < 4.78 is 0. The van der Waals surface area contributed by atoms with Gasteiger partial charge in [0, 0.05) is 6.20 Å². The number of halogens is 2. The molecule has 1 N–H and O–H groups in total.